The minimum Gasteiger partial charge on any atom is -0.482 e. The summed E-state index contributed by atoms with van der Waals surface area (Å²) in [5, 5.41) is 6.00. The topological polar surface area (TPSA) is 105 Å². The zero-order valence-corrected chi connectivity index (χ0v) is 19.3. The van der Waals surface area contributed by atoms with Crippen molar-refractivity contribution in [2.45, 2.75) is 31.6 Å². The third kappa shape index (κ3) is 4.46. The van der Waals surface area contributed by atoms with E-state index in [9.17, 15) is 18.0 Å². The number of rotatable bonds is 4. The van der Waals surface area contributed by atoms with Crippen molar-refractivity contribution >= 4 is 44.8 Å². The first-order valence-electron chi connectivity index (χ1n) is 10.3. The van der Waals surface area contributed by atoms with Gasteiger partial charge in [0.05, 0.1) is 21.3 Å². The average Bonchev–Trinajstić information content (AvgIpc) is 2.75. The Morgan fingerprint density at radius 3 is 2.59 bits per heavy atom. The highest BCUT2D eigenvalue weighted by molar-refractivity contribution is 7.89. The lowest BCUT2D eigenvalue weighted by Crippen LogP contribution is -2.41. The maximum atomic E-state index is 13.3. The van der Waals surface area contributed by atoms with Crippen molar-refractivity contribution in [3.05, 3.63) is 46.5 Å². The zero-order chi connectivity index (χ0) is 23.0. The van der Waals surface area contributed by atoms with Crippen LogP contribution in [0.15, 0.2) is 35.2 Å². The number of ether oxygens (including phenoxy) is 1. The number of anilines is 2. The fourth-order valence-electron chi connectivity index (χ4n) is 3.95. The molecule has 0 radical (unpaired) electrons. The van der Waals surface area contributed by atoms with E-state index in [1.165, 1.54) is 10.4 Å². The van der Waals surface area contributed by atoms with Crippen molar-refractivity contribution in [2.24, 2.45) is 5.92 Å². The molecule has 0 spiro atoms. The molecule has 0 saturated carbocycles. The van der Waals surface area contributed by atoms with Crippen LogP contribution < -0.4 is 15.4 Å². The molecule has 4 rings (SSSR count). The van der Waals surface area contributed by atoms with Crippen LogP contribution in [0.4, 0.5) is 11.4 Å². The number of nitrogens with one attached hydrogen (secondary N) is 2. The molecule has 2 aliphatic rings. The van der Waals surface area contributed by atoms with Gasteiger partial charge in [0, 0.05) is 25.1 Å². The SMILES string of the molecule is Cc1ccc(NC(=O)C2CCN(S(=O)(=O)c3cc4c(cc3C)NC(=O)CO4)CC2)c(Cl)c1. The van der Waals surface area contributed by atoms with Gasteiger partial charge in [0.2, 0.25) is 15.9 Å². The van der Waals surface area contributed by atoms with Crippen molar-refractivity contribution in [3.63, 3.8) is 0 Å². The number of carbonyl (C=O) groups is 2. The smallest absolute Gasteiger partial charge is 0.262 e. The van der Waals surface area contributed by atoms with Gasteiger partial charge in [0.25, 0.3) is 5.91 Å². The van der Waals surface area contributed by atoms with Gasteiger partial charge in [-0.1, -0.05) is 17.7 Å². The molecular weight excluding hydrogens is 454 g/mol. The first kappa shape index (κ1) is 22.6. The molecule has 2 aliphatic heterocycles. The molecule has 2 aromatic carbocycles. The summed E-state index contributed by atoms with van der Waals surface area (Å²) in [6.45, 7) is 3.91. The highest BCUT2D eigenvalue weighted by atomic mass is 35.5. The monoisotopic (exact) mass is 477 g/mol. The molecule has 2 heterocycles. The molecule has 1 fully saturated rings. The van der Waals surface area contributed by atoms with E-state index in [1.807, 2.05) is 13.0 Å². The Hall–Kier alpha value is -2.62. The van der Waals surface area contributed by atoms with Gasteiger partial charge in [-0.3, -0.25) is 9.59 Å². The quantitative estimate of drug-likeness (QED) is 0.702. The van der Waals surface area contributed by atoms with Crippen LogP contribution in [0.25, 0.3) is 0 Å². The van der Waals surface area contributed by atoms with Crippen molar-refractivity contribution in [2.75, 3.05) is 30.3 Å². The molecule has 0 aliphatic carbocycles. The maximum Gasteiger partial charge on any atom is 0.262 e. The summed E-state index contributed by atoms with van der Waals surface area (Å²) in [4.78, 5) is 24.3. The van der Waals surface area contributed by atoms with E-state index in [-0.39, 0.29) is 42.3 Å². The summed E-state index contributed by atoms with van der Waals surface area (Å²) >= 11 is 6.20. The highest BCUT2D eigenvalue weighted by Gasteiger charge is 2.34. The number of benzene rings is 2. The molecule has 0 bridgehead atoms. The van der Waals surface area contributed by atoms with Gasteiger partial charge in [-0.2, -0.15) is 4.31 Å². The number of halogens is 1. The standard InChI is InChI=1S/C22H24ClN3O5S/c1-13-3-4-17(16(23)9-13)25-22(28)15-5-7-26(8-6-15)32(29,30)20-11-19-18(10-14(20)2)24-21(27)12-31-19/h3-4,9-11,15H,5-8,12H2,1-2H3,(H,24,27)(H,25,28). The molecule has 2 N–H and O–H groups in total. The minimum atomic E-state index is -3.77. The molecule has 10 heteroatoms. The van der Waals surface area contributed by atoms with E-state index >= 15 is 0 Å². The van der Waals surface area contributed by atoms with Crippen molar-refractivity contribution < 1.29 is 22.7 Å². The van der Waals surface area contributed by atoms with Crippen LogP contribution in [0.3, 0.4) is 0 Å². The number of amides is 2. The second-order valence-corrected chi connectivity index (χ2v) is 10.4. The molecule has 2 aromatic rings. The first-order valence-corrected chi connectivity index (χ1v) is 12.1. The van der Waals surface area contributed by atoms with Gasteiger partial charge in [-0.05, 0) is 56.0 Å². The van der Waals surface area contributed by atoms with E-state index in [1.54, 1.807) is 25.1 Å². The fourth-order valence-corrected chi connectivity index (χ4v) is 5.92. The van der Waals surface area contributed by atoms with Gasteiger partial charge >= 0.3 is 0 Å². The maximum absolute atomic E-state index is 13.3. The predicted molar refractivity (Wildman–Crippen MR) is 122 cm³/mol. The third-order valence-electron chi connectivity index (χ3n) is 5.73. The number of sulfonamides is 1. The molecule has 8 nitrogen and oxygen atoms in total. The molecule has 1 saturated heterocycles. The van der Waals surface area contributed by atoms with Crippen molar-refractivity contribution in [1.82, 2.24) is 4.31 Å². The molecule has 0 aromatic heterocycles. The van der Waals surface area contributed by atoms with Gasteiger partial charge < -0.3 is 15.4 Å². The Bertz CT molecular complexity index is 1190. The lowest BCUT2D eigenvalue weighted by molar-refractivity contribution is -0.121. The Morgan fingerprint density at radius 1 is 1.19 bits per heavy atom. The molecule has 170 valence electrons. The average molecular weight is 478 g/mol. The number of piperidine rings is 1. The fraction of sp³-hybridized carbons (Fsp3) is 0.364. The Morgan fingerprint density at radius 2 is 1.91 bits per heavy atom. The van der Waals surface area contributed by atoms with E-state index in [2.05, 4.69) is 10.6 Å². The van der Waals surface area contributed by atoms with Crippen LogP contribution >= 0.6 is 11.6 Å². The first-order chi connectivity index (χ1) is 15.1. The van der Waals surface area contributed by atoms with Gasteiger partial charge in [0.1, 0.15) is 5.75 Å². The van der Waals surface area contributed by atoms with Crippen molar-refractivity contribution in [3.8, 4) is 5.75 Å². The van der Waals surface area contributed by atoms with Crippen LogP contribution in [0.1, 0.15) is 24.0 Å². The number of carbonyl (C=O) groups excluding carboxylic acids is 2. The summed E-state index contributed by atoms with van der Waals surface area (Å²) in [6, 6.07) is 8.47. The van der Waals surface area contributed by atoms with Crippen LogP contribution in [0.5, 0.6) is 5.75 Å². The normalized spacial score (nSPS) is 17.3. The minimum absolute atomic E-state index is 0.140. The van der Waals surface area contributed by atoms with Gasteiger partial charge in [-0.15, -0.1) is 0 Å². The summed E-state index contributed by atoms with van der Waals surface area (Å²) in [7, 11) is -3.77. The lowest BCUT2D eigenvalue weighted by Gasteiger charge is -2.31. The van der Waals surface area contributed by atoms with E-state index < -0.39 is 10.0 Å². The summed E-state index contributed by atoms with van der Waals surface area (Å²) < 4.78 is 33.3. The molecular formula is C22H24ClN3O5S. The molecule has 0 unspecified atom stereocenters. The lowest BCUT2D eigenvalue weighted by atomic mass is 9.97. The van der Waals surface area contributed by atoms with Gasteiger partial charge in [0.15, 0.2) is 6.61 Å². The van der Waals surface area contributed by atoms with Gasteiger partial charge in [-0.25, -0.2) is 8.42 Å². The van der Waals surface area contributed by atoms with E-state index in [0.29, 0.717) is 40.6 Å². The summed E-state index contributed by atoms with van der Waals surface area (Å²) in [5.74, 6) is -0.415. The highest BCUT2D eigenvalue weighted by Crippen LogP contribution is 2.35. The summed E-state index contributed by atoms with van der Waals surface area (Å²) in [6.07, 6.45) is 0.816. The van der Waals surface area contributed by atoms with Crippen LogP contribution in [0.2, 0.25) is 5.02 Å². The van der Waals surface area contributed by atoms with Crippen LogP contribution in [0, 0.1) is 19.8 Å². The third-order valence-corrected chi connectivity index (χ3v) is 8.09. The van der Waals surface area contributed by atoms with E-state index in [0.717, 1.165) is 5.56 Å². The Labute approximate surface area is 191 Å². The summed E-state index contributed by atoms with van der Waals surface area (Å²) in [5.41, 5.74) is 2.53. The predicted octanol–water partition coefficient (Wildman–Crippen LogP) is 3.33. The second kappa shape index (κ2) is 8.73. The van der Waals surface area contributed by atoms with Crippen molar-refractivity contribution in [1.29, 1.82) is 0 Å². The second-order valence-electron chi connectivity index (χ2n) is 8.10. The van der Waals surface area contributed by atoms with E-state index in [4.69, 9.17) is 16.3 Å². The van der Waals surface area contributed by atoms with Crippen LogP contribution in [-0.4, -0.2) is 44.2 Å². The Balaban J connectivity index is 1.44. The number of hydrogen-bond donors (Lipinski definition) is 2. The van der Waals surface area contributed by atoms with Crippen LogP contribution in [-0.2, 0) is 19.6 Å². The zero-order valence-electron chi connectivity index (χ0n) is 17.8. The number of aryl methyl sites for hydroxylation is 2. The largest absolute Gasteiger partial charge is 0.482 e. The number of hydrogen-bond acceptors (Lipinski definition) is 5. The molecule has 2 amide bonds. The molecule has 0 atom stereocenters. The number of nitrogens with zero attached hydrogens (tertiary/aromatic N) is 1. The number of fused-ring (bicyclic) bond motifs is 1. The molecule has 32 heavy (non-hydrogen) atoms. The Kier molecular flexibility index (Phi) is 6.15.